The van der Waals surface area contributed by atoms with Crippen molar-refractivity contribution in [1.82, 2.24) is 0 Å². The van der Waals surface area contributed by atoms with Gasteiger partial charge in [-0.25, -0.2) is 0 Å². The lowest BCUT2D eigenvalue weighted by atomic mass is 9.80. The molecule has 0 spiro atoms. The largest absolute Gasteiger partial charge is 0.456 e. The lowest BCUT2D eigenvalue weighted by Gasteiger charge is -2.24. The van der Waals surface area contributed by atoms with E-state index in [4.69, 9.17) is 4.74 Å². The Bertz CT molecular complexity index is 2590. The average Bonchev–Trinajstić information content (AvgIpc) is 3.32. The Hall–Kier alpha value is -5.66. The van der Waals surface area contributed by atoms with E-state index in [0.29, 0.717) is 0 Å². The van der Waals surface area contributed by atoms with Crippen LogP contribution >= 0.6 is 0 Å². The van der Waals surface area contributed by atoms with Gasteiger partial charge in [0.05, 0.1) is 0 Å². The molecule has 0 saturated heterocycles. The zero-order chi connectivity index (χ0) is 30.6. The third-order valence-corrected chi connectivity index (χ3v) is 10.4. The summed E-state index contributed by atoms with van der Waals surface area (Å²) in [5, 5.41) is 7.54. The molecule has 0 unspecified atom stereocenters. The summed E-state index contributed by atoms with van der Waals surface area (Å²) in [6.45, 7) is 4.76. The zero-order valence-corrected chi connectivity index (χ0v) is 25.8. The smallest absolute Gasteiger partial charge is 0.135 e. The highest BCUT2D eigenvalue weighted by molar-refractivity contribution is 6.10. The van der Waals surface area contributed by atoms with Crippen LogP contribution in [0.25, 0.3) is 76.8 Å². The number of rotatable bonds is 2. The maximum absolute atomic E-state index is 6.39. The molecule has 0 aromatic heterocycles. The molecule has 0 N–H and O–H groups in total. The molecule has 0 saturated carbocycles. The van der Waals surface area contributed by atoms with Gasteiger partial charge in [0.1, 0.15) is 11.5 Å². The molecule has 8 aromatic carbocycles. The van der Waals surface area contributed by atoms with Gasteiger partial charge in [-0.2, -0.15) is 0 Å². The number of hydrogen-bond acceptors (Lipinski definition) is 1. The molecule has 10 rings (SSSR count). The van der Waals surface area contributed by atoms with E-state index in [1.54, 1.807) is 0 Å². The second-order valence-corrected chi connectivity index (χ2v) is 13.3. The Morgan fingerprint density at radius 3 is 2.00 bits per heavy atom. The molecule has 1 aliphatic heterocycles. The number of benzene rings is 8. The van der Waals surface area contributed by atoms with Crippen LogP contribution in [0.4, 0.5) is 0 Å². The van der Waals surface area contributed by atoms with Gasteiger partial charge in [-0.1, -0.05) is 123 Å². The molecule has 46 heavy (non-hydrogen) atoms. The van der Waals surface area contributed by atoms with Crippen LogP contribution in [-0.2, 0) is 5.41 Å². The molecule has 1 heterocycles. The highest BCUT2D eigenvalue weighted by Gasteiger charge is 2.36. The van der Waals surface area contributed by atoms with E-state index in [-0.39, 0.29) is 5.41 Å². The minimum Gasteiger partial charge on any atom is -0.456 e. The van der Waals surface area contributed by atoms with Gasteiger partial charge in [0, 0.05) is 16.4 Å². The van der Waals surface area contributed by atoms with Crippen molar-refractivity contribution in [3.63, 3.8) is 0 Å². The van der Waals surface area contributed by atoms with E-state index >= 15 is 0 Å². The van der Waals surface area contributed by atoms with Crippen LogP contribution < -0.4 is 4.74 Å². The lowest BCUT2D eigenvalue weighted by Crippen LogP contribution is -2.15. The SMILES string of the molecule is CC1(C)c2cc(-c3ccc4c5c(cccc35)-c3ccccc3O4)ccc2-c2cc3c(-c4ccc5ccccc5c4)cccc3cc21. The van der Waals surface area contributed by atoms with Gasteiger partial charge in [0.25, 0.3) is 0 Å². The summed E-state index contributed by atoms with van der Waals surface area (Å²) in [5.74, 6) is 1.85. The second kappa shape index (κ2) is 9.19. The summed E-state index contributed by atoms with van der Waals surface area (Å²) >= 11 is 0. The first-order chi connectivity index (χ1) is 22.5. The van der Waals surface area contributed by atoms with Crippen LogP contribution in [0, 0.1) is 0 Å². The molecule has 2 aliphatic rings. The first kappa shape index (κ1) is 25.6. The predicted molar refractivity (Wildman–Crippen MR) is 193 cm³/mol. The average molecular weight is 587 g/mol. The fourth-order valence-electron chi connectivity index (χ4n) is 8.11. The maximum atomic E-state index is 6.39. The molecule has 0 atom stereocenters. The van der Waals surface area contributed by atoms with Crippen LogP contribution in [0.2, 0.25) is 0 Å². The van der Waals surface area contributed by atoms with Gasteiger partial charge >= 0.3 is 0 Å². The third-order valence-electron chi connectivity index (χ3n) is 10.4. The summed E-state index contributed by atoms with van der Waals surface area (Å²) in [6.07, 6.45) is 0. The highest BCUT2D eigenvalue weighted by Crippen LogP contribution is 2.53. The summed E-state index contributed by atoms with van der Waals surface area (Å²) in [5.41, 5.74) is 12.7. The molecule has 216 valence electrons. The summed E-state index contributed by atoms with van der Waals surface area (Å²) in [6, 6.07) is 53.5. The Balaban J connectivity index is 1.14. The van der Waals surface area contributed by atoms with E-state index < -0.39 is 0 Å². The minimum atomic E-state index is -0.123. The fraction of sp³-hybridized carbons (Fsp3) is 0.0667. The molecule has 8 aromatic rings. The standard InChI is InChI=1S/C45H30O/c1-45(2)40-25-31(33-21-22-43-44-36(33)14-8-15-37(44)35-12-5-6-16-42(35)46-43)19-20-34(40)39-26-38-29(24-41(39)45)11-7-13-32(38)30-18-17-27-9-3-4-10-28(27)23-30/h3-26H,1-2H3. The van der Waals surface area contributed by atoms with E-state index in [0.717, 1.165) is 17.1 Å². The van der Waals surface area contributed by atoms with Crippen LogP contribution in [0.5, 0.6) is 11.5 Å². The molecule has 1 aliphatic carbocycles. The van der Waals surface area contributed by atoms with Gasteiger partial charge in [-0.3, -0.25) is 0 Å². The summed E-state index contributed by atoms with van der Waals surface area (Å²) < 4.78 is 6.39. The number of fused-ring (bicyclic) bond motifs is 7. The monoisotopic (exact) mass is 586 g/mol. The maximum Gasteiger partial charge on any atom is 0.135 e. The number of ether oxygens (including phenoxy) is 1. The van der Waals surface area contributed by atoms with Gasteiger partial charge in [0.15, 0.2) is 0 Å². The molecule has 0 radical (unpaired) electrons. The van der Waals surface area contributed by atoms with Crippen LogP contribution in [0.3, 0.4) is 0 Å². The number of hydrogen-bond donors (Lipinski definition) is 0. The molecule has 0 amide bonds. The topological polar surface area (TPSA) is 9.23 Å². The van der Waals surface area contributed by atoms with Crippen LogP contribution in [0.1, 0.15) is 25.0 Å². The molecule has 1 nitrogen and oxygen atoms in total. The quantitative estimate of drug-likeness (QED) is 0.196. The van der Waals surface area contributed by atoms with Crippen molar-refractivity contribution in [2.75, 3.05) is 0 Å². The molecule has 0 bridgehead atoms. The Morgan fingerprint density at radius 2 is 1.07 bits per heavy atom. The molecular formula is C45H30O. The van der Waals surface area contributed by atoms with Gasteiger partial charge in [-0.05, 0) is 113 Å². The van der Waals surface area contributed by atoms with Crippen molar-refractivity contribution >= 4 is 32.3 Å². The van der Waals surface area contributed by atoms with Crippen LogP contribution in [0.15, 0.2) is 146 Å². The van der Waals surface area contributed by atoms with Crippen molar-refractivity contribution in [2.24, 2.45) is 0 Å². The van der Waals surface area contributed by atoms with Gasteiger partial charge < -0.3 is 4.74 Å². The molecular weight excluding hydrogens is 556 g/mol. The molecule has 1 heteroatoms. The van der Waals surface area contributed by atoms with E-state index in [9.17, 15) is 0 Å². The summed E-state index contributed by atoms with van der Waals surface area (Å²) in [4.78, 5) is 0. The van der Waals surface area contributed by atoms with E-state index in [1.165, 1.54) is 82.4 Å². The summed E-state index contributed by atoms with van der Waals surface area (Å²) in [7, 11) is 0. The van der Waals surface area contributed by atoms with Gasteiger partial charge in [-0.15, -0.1) is 0 Å². The fourth-order valence-corrected chi connectivity index (χ4v) is 8.11. The van der Waals surface area contributed by atoms with E-state index in [1.807, 2.05) is 6.07 Å². The first-order valence-corrected chi connectivity index (χ1v) is 16.1. The van der Waals surface area contributed by atoms with Crippen molar-refractivity contribution in [3.8, 4) is 56.0 Å². The van der Waals surface area contributed by atoms with Crippen molar-refractivity contribution < 1.29 is 4.74 Å². The Morgan fingerprint density at radius 1 is 0.391 bits per heavy atom. The number of para-hydroxylation sites is 1. The third kappa shape index (κ3) is 3.51. The van der Waals surface area contributed by atoms with Crippen molar-refractivity contribution in [1.29, 1.82) is 0 Å². The lowest BCUT2D eigenvalue weighted by molar-refractivity contribution is 0.487. The minimum absolute atomic E-state index is 0.123. The van der Waals surface area contributed by atoms with Gasteiger partial charge in [0.2, 0.25) is 0 Å². The molecule has 0 fully saturated rings. The zero-order valence-electron chi connectivity index (χ0n) is 25.8. The highest BCUT2D eigenvalue weighted by atomic mass is 16.5. The van der Waals surface area contributed by atoms with Crippen molar-refractivity contribution in [3.05, 3.63) is 157 Å². The second-order valence-electron chi connectivity index (χ2n) is 13.3. The van der Waals surface area contributed by atoms with E-state index in [2.05, 4.69) is 153 Å². The Kier molecular flexibility index (Phi) is 5.12. The predicted octanol–water partition coefficient (Wildman–Crippen LogP) is 12.6. The van der Waals surface area contributed by atoms with Crippen molar-refractivity contribution in [2.45, 2.75) is 19.3 Å². The first-order valence-electron chi connectivity index (χ1n) is 16.1. The van der Waals surface area contributed by atoms with Crippen LogP contribution in [-0.4, -0.2) is 0 Å². The normalized spacial score (nSPS) is 13.8. The Labute approximate surface area is 268 Å².